The Labute approximate surface area is 178 Å². The Balaban J connectivity index is 1.88. The van der Waals surface area contributed by atoms with Gasteiger partial charge in [0.05, 0.1) is 24.3 Å². The molecule has 0 amide bonds. The Kier molecular flexibility index (Phi) is 6.83. The lowest BCUT2D eigenvalue weighted by Gasteiger charge is -2.10. The Morgan fingerprint density at radius 2 is 1.31 bits per heavy atom. The lowest BCUT2D eigenvalue weighted by molar-refractivity contribution is 0.0516. The van der Waals surface area contributed by atoms with Crippen molar-refractivity contribution >= 4 is 27.9 Å². The molecule has 0 aliphatic carbocycles. The van der Waals surface area contributed by atoms with Crippen molar-refractivity contribution in [2.45, 2.75) is 13.8 Å². The van der Waals surface area contributed by atoms with Gasteiger partial charge in [0.25, 0.3) is 0 Å². The predicted octanol–water partition coefficient (Wildman–Crippen LogP) is 6.14. The first-order chi connectivity index (χ1) is 14.0. The third kappa shape index (κ3) is 4.93. The van der Waals surface area contributed by atoms with E-state index in [1.54, 1.807) is 38.1 Å². The average Bonchev–Trinajstić information content (AvgIpc) is 2.74. The van der Waals surface area contributed by atoms with E-state index in [0.29, 0.717) is 24.3 Å². The molecule has 5 heteroatoms. The number of rotatable bonds is 6. The van der Waals surface area contributed by atoms with E-state index in [4.69, 9.17) is 9.47 Å². The van der Waals surface area contributed by atoms with Gasteiger partial charge in [0, 0.05) is 4.47 Å². The van der Waals surface area contributed by atoms with Crippen LogP contribution in [0.4, 0.5) is 0 Å². The second-order valence-electron chi connectivity index (χ2n) is 6.29. The molecule has 0 fully saturated rings. The minimum Gasteiger partial charge on any atom is -0.462 e. The highest BCUT2D eigenvalue weighted by Crippen LogP contribution is 2.32. The molecule has 0 aliphatic rings. The molecule has 0 N–H and O–H groups in total. The van der Waals surface area contributed by atoms with E-state index in [0.717, 1.165) is 26.7 Å². The Morgan fingerprint density at radius 3 is 1.93 bits per heavy atom. The summed E-state index contributed by atoms with van der Waals surface area (Å²) in [5, 5.41) is 0. The zero-order valence-corrected chi connectivity index (χ0v) is 17.9. The van der Waals surface area contributed by atoms with Crippen LogP contribution in [-0.4, -0.2) is 25.2 Å². The van der Waals surface area contributed by atoms with Gasteiger partial charge in [0.15, 0.2) is 0 Å². The van der Waals surface area contributed by atoms with Crippen LogP contribution in [0.25, 0.3) is 22.3 Å². The van der Waals surface area contributed by atoms with Crippen LogP contribution in [-0.2, 0) is 9.47 Å². The average molecular weight is 453 g/mol. The van der Waals surface area contributed by atoms with Crippen molar-refractivity contribution in [3.05, 3.63) is 82.3 Å². The van der Waals surface area contributed by atoms with Gasteiger partial charge in [-0.05, 0) is 66.4 Å². The van der Waals surface area contributed by atoms with Crippen LogP contribution in [0.1, 0.15) is 34.6 Å². The van der Waals surface area contributed by atoms with Gasteiger partial charge >= 0.3 is 11.9 Å². The fraction of sp³-hybridized carbons (Fsp3) is 0.167. The normalized spacial score (nSPS) is 10.4. The Hall–Kier alpha value is -2.92. The molecule has 0 spiro atoms. The van der Waals surface area contributed by atoms with Crippen molar-refractivity contribution in [1.29, 1.82) is 0 Å². The number of ether oxygens (including phenoxy) is 2. The molecule has 0 aliphatic heterocycles. The maximum atomic E-state index is 11.9. The van der Waals surface area contributed by atoms with Crippen LogP contribution in [0.15, 0.2) is 71.2 Å². The van der Waals surface area contributed by atoms with Gasteiger partial charge in [-0.2, -0.15) is 0 Å². The summed E-state index contributed by atoms with van der Waals surface area (Å²) in [5.74, 6) is -0.659. The molecule has 148 valence electrons. The summed E-state index contributed by atoms with van der Waals surface area (Å²) in [7, 11) is 0. The number of benzene rings is 3. The highest BCUT2D eigenvalue weighted by molar-refractivity contribution is 9.10. The number of esters is 2. The minimum atomic E-state index is -0.338. The van der Waals surface area contributed by atoms with E-state index < -0.39 is 0 Å². The molecule has 0 bridgehead atoms. The molecule has 0 saturated carbocycles. The monoisotopic (exact) mass is 452 g/mol. The first-order valence-corrected chi connectivity index (χ1v) is 10.2. The van der Waals surface area contributed by atoms with Crippen LogP contribution in [0.5, 0.6) is 0 Å². The highest BCUT2D eigenvalue weighted by Gasteiger charge is 2.11. The smallest absolute Gasteiger partial charge is 0.338 e. The number of halogens is 1. The molecule has 0 saturated heterocycles. The molecule has 0 radical (unpaired) electrons. The van der Waals surface area contributed by atoms with Crippen molar-refractivity contribution in [2.75, 3.05) is 13.2 Å². The van der Waals surface area contributed by atoms with Gasteiger partial charge in [0.1, 0.15) is 0 Å². The maximum Gasteiger partial charge on any atom is 0.338 e. The molecule has 3 aromatic rings. The van der Waals surface area contributed by atoms with Crippen molar-refractivity contribution < 1.29 is 19.1 Å². The van der Waals surface area contributed by atoms with E-state index in [1.165, 1.54) is 0 Å². The van der Waals surface area contributed by atoms with Gasteiger partial charge < -0.3 is 9.47 Å². The molecule has 3 rings (SSSR count). The third-order valence-corrected chi connectivity index (χ3v) is 5.04. The first-order valence-electron chi connectivity index (χ1n) is 9.38. The van der Waals surface area contributed by atoms with Gasteiger partial charge in [-0.1, -0.05) is 52.3 Å². The Bertz CT molecular complexity index is 1030. The van der Waals surface area contributed by atoms with Gasteiger partial charge in [-0.3, -0.25) is 0 Å². The standard InChI is InChI=1S/C24H21BrO4/c1-3-28-23(26)17-10-8-16(9-11-17)18-6-5-7-19(14-18)21-13-12-20(15-22(21)25)24(27)29-4-2/h5-15H,3-4H2,1-2H3. The number of carbonyl (C=O) groups excluding carboxylic acids is 2. The van der Waals surface area contributed by atoms with E-state index in [9.17, 15) is 9.59 Å². The molecular weight excluding hydrogens is 432 g/mol. The topological polar surface area (TPSA) is 52.6 Å². The van der Waals surface area contributed by atoms with Crippen LogP contribution >= 0.6 is 15.9 Å². The molecule has 0 atom stereocenters. The summed E-state index contributed by atoms with van der Waals surface area (Å²) in [6.45, 7) is 4.27. The van der Waals surface area contributed by atoms with E-state index >= 15 is 0 Å². The lowest BCUT2D eigenvalue weighted by Crippen LogP contribution is -2.04. The van der Waals surface area contributed by atoms with Crippen LogP contribution < -0.4 is 0 Å². The summed E-state index contributed by atoms with van der Waals surface area (Å²) in [6, 6.07) is 20.9. The lowest BCUT2D eigenvalue weighted by atomic mass is 9.98. The van der Waals surface area contributed by atoms with E-state index in [2.05, 4.69) is 22.0 Å². The maximum absolute atomic E-state index is 11.9. The second kappa shape index (κ2) is 9.52. The van der Waals surface area contributed by atoms with Crippen molar-refractivity contribution in [1.82, 2.24) is 0 Å². The molecule has 0 aromatic heterocycles. The highest BCUT2D eigenvalue weighted by atomic mass is 79.9. The molecule has 3 aromatic carbocycles. The van der Waals surface area contributed by atoms with Gasteiger partial charge in [0.2, 0.25) is 0 Å². The zero-order valence-electron chi connectivity index (χ0n) is 16.3. The largest absolute Gasteiger partial charge is 0.462 e. The number of hydrogen-bond donors (Lipinski definition) is 0. The van der Waals surface area contributed by atoms with Crippen LogP contribution in [0, 0.1) is 0 Å². The number of carbonyl (C=O) groups is 2. The summed E-state index contributed by atoms with van der Waals surface area (Å²) in [6.07, 6.45) is 0. The van der Waals surface area contributed by atoms with E-state index in [-0.39, 0.29) is 11.9 Å². The number of hydrogen-bond acceptors (Lipinski definition) is 4. The van der Waals surface area contributed by atoms with Gasteiger partial charge in [-0.15, -0.1) is 0 Å². The molecule has 4 nitrogen and oxygen atoms in total. The summed E-state index contributed by atoms with van der Waals surface area (Å²) >= 11 is 3.57. The third-order valence-electron chi connectivity index (χ3n) is 4.38. The molecular formula is C24H21BrO4. The summed E-state index contributed by atoms with van der Waals surface area (Å²) < 4.78 is 10.9. The fourth-order valence-corrected chi connectivity index (χ4v) is 3.58. The Morgan fingerprint density at radius 1 is 0.724 bits per heavy atom. The molecule has 29 heavy (non-hydrogen) atoms. The molecule has 0 heterocycles. The fourth-order valence-electron chi connectivity index (χ4n) is 2.97. The van der Waals surface area contributed by atoms with Gasteiger partial charge in [-0.25, -0.2) is 9.59 Å². The van der Waals surface area contributed by atoms with Crippen LogP contribution in [0.2, 0.25) is 0 Å². The summed E-state index contributed by atoms with van der Waals surface area (Å²) in [5.41, 5.74) is 5.05. The van der Waals surface area contributed by atoms with Crippen molar-refractivity contribution in [3.8, 4) is 22.3 Å². The summed E-state index contributed by atoms with van der Waals surface area (Å²) in [4.78, 5) is 23.7. The predicted molar refractivity (Wildman–Crippen MR) is 117 cm³/mol. The zero-order chi connectivity index (χ0) is 20.8. The van der Waals surface area contributed by atoms with Crippen molar-refractivity contribution in [3.63, 3.8) is 0 Å². The molecule has 0 unspecified atom stereocenters. The second-order valence-corrected chi connectivity index (χ2v) is 7.15. The quantitative estimate of drug-likeness (QED) is 0.421. The van der Waals surface area contributed by atoms with E-state index in [1.807, 2.05) is 36.4 Å². The van der Waals surface area contributed by atoms with Crippen molar-refractivity contribution in [2.24, 2.45) is 0 Å². The van der Waals surface area contributed by atoms with Crippen LogP contribution in [0.3, 0.4) is 0 Å². The first kappa shape index (κ1) is 20.8. The minimum absolute atomic E-state index is 0.321. The SMILES string of the molecule is CCOC(=O)c1ccc(-c2cccc(-c3ccc(C(=O)OCC)cc3Br)c2)cc1.